The number of imide groups is 1. The van der Waals surface area contributed by atoms with Crippen molar-refractivity contribution >= 4 is 58.8 Å². The van der Waals surface area contributed by atoms with E-state index in [1.165, 1.54) is 12.3 Å². The Hall–Kier alpha value is -3.83. The molecular weight excluding hydrogens is 599 g/mol. The van der Waals surface area contributed by atoms with Crippen LogP contribution in [0.25, 0.3) is 11.6 Å². The van der Waals surface area contributed by atoms with E-state index in [2.05, 4.69) is 9.97 Å². The van der Waals surface area contributed by atoms with Crippen molar-refractivity contribution in [2.45, 2.75) is 79.4 Å². The number of carbonyl (C=O) groups excluding carboxylic acids is 2. The van der Waals surface area contributed by atoms with Gasteiger partial charge in [0.1, 0.15) is 28.3 Å². The van der Waals surface area contributed by atoms with Crippen LogP contribution in [0.15, 0.2) is 24.5 Å². The van der Waals surface area contributed by atoms with Crippen LogP contribution in [0, 0.1) is 6.92 Å². The standard InChI is InChI=1S/C30H36Cl2N4O7/c1-10-41-23-18(11-12-21(37)38)16(2)20(31)15-19(23)17(3)25-34-24(32)22-26(33-13-14-35(22)25)36(27(39)42-29(4,5)6)28(40)43-30(7,8)9/h11-15,17H,10H2,1-9H3,(H,37,38). The highest BCUT2D eigenvalue weighted by Gasteiger charge is 2.36. The Morgan fingerprint density at radius 2 is 1.67 bits per heavy atom. The number of imidazole rings is 1. The quantitative estimate of drug-likeness (QED) is 0.260. The minimum Gasteiger partial charge on any atom is -0.493 e. The summed E-state index contributed by atoms with van der Waals surface area (Å²) in [6, 6.07) is 1.73. The zero-order chi connectivity index (χ0) is 32.4. The van der Waals surface area contributed by atoms with E-state index < -0.39 is 35.3 Å². The minimum absolute atomic E-state index is 0.0377. The molecule has 0 saturated heterocycles. The number of ether oxygens (including phenoxy) is 3. The second kappa shape index (κ2) is 12.8. The predicted octanol–water partition coefficient (Wildman–Crippen LogP) is 7.67. The number of amides is 2. The van der Waals surface area contributed by atoms with Gasteiger partial charge in [0.05, 0.1) is 6.61 Å². The number of benzene rings is 1. The molecule has 3 aromatic rings. The number of rotatable bonds is 7. The van der Waals surface area contributed by atoms with Gasteiger partial charge >= 0.3 is 18.2 Å². The van der Waals surface area contributed by atoms with Gasteiger partial charge in [-0.3, -0.25) is 4.40 Å². The lowest BCUT2D eigenvalue weighted by molar-refractivity contribution is -0.131. The third kappa shape index (κ3) is 7.77. The molecule has 1 aromatic carbocycles. The molecule has 0 fully saturated rings. The highest BCUT2D eigenvalue weighted by Crippen LogP contribution is 2.41. The van der Waals surface area contributed by atoms with Gasteiger partial charge in [-0.15, -0.1) is 0 Å². The Labute approximate surface area is 260 Å². The summed E-state index contributed by atoms with van der Waals surface area (Å²) in [5.74, 6) is -0.948. The van der Waals surface area contributed by atoms with Gasteiger partial charge in [-0.05, 0) is 73.1 Å². The number of hydrogen-bond donors (Lipinski definition) is 1. The summed E-state index contributed by atoms with van der Waals surface area (Å²) in [6.07, 6.45) is 3.42. The molecule has 0 radical (unpaired) electrons. The van der Waals surface area contributed by atoms with Crippen LogP contribution in [0.2, 0.25) is 10.2 Å². The average molecular weight is 636 g/mol. The van der Waals surface area contributed by atoms with Crippen LogP contribution in [0.5, 0.6) is 5.75 Å². The van der Waals surface area contributed by atoms with Crippen molar-refractivity contribution in [2.24, 2.45) is 0 Å². The van der Waals surface area contributed by atoms with Crippen molar-refractivity contribution in [1.29, 1.82) is 0 Å². The first-order valence-corrected chi connectivity index (χ1v) is 14.3. The molecule has 2 amide bonds. The molecule has 2 heterocycles. The number of hydrogen-bond acceptors (Lipinski definition) is 8. The van der Waals surface area contributed by atoms with E-state index in [9.17, 15) is 19.5 Å². The maximum atomic E-state index is 13.3. The summed E-state index contributed by atoms with van der Waals surface area (Å²) >= 11 is 13.3. The molecule has 13 heteroatoms. The molecule has 1 unspecified atom stereocenters. The largest absolute Gasteiger partial charge is 0.493 e. The number of carboxylic acids is 1. The first kappa shape index (κ1) is 33.7. The van der Waals surface area contributed by atoms with Gasteiger partial charge < -0.3 is 19.3 Å². The second-order valence-corrected chi connectivity index (χ2v) is 12.4. The summed E-state index contributed by atoms with van der Waals surface area (Å²) in [5.41, 5.74) is 0.0549. The first-order valence-electron chi connectivity index (χ1n) is 13.5. The normalized spacial score (nSPS) is 12.8. The van der Waals surface area contributed by atoms with Crippen LogP contribution < -0.4 is 9.64 Å². The van der Waals surface area contributed by atoms with E-state index in [0.717, 1.165) is 6.08 Å². The van der Waals surface area contributed by atoms with Crippen molar-refractivity contribution in [3.63, 3.8) is 0 Å². The van der Waals surface area contributed by atoms with Crippen molar-refractivity contribution in [3.05, 3.63) is 57.2 Å². The van der Waals surface area contributed by atoms with Crippen LogP contribution in [-0.4, -0.2) is 55.4 Å². The van der Waals surface area contributed by atoms with Crippen LogP contribution in [0.1, 0.15) is 83.8 Å². The Balaban J connectivity index is 2.27. The molecule has 0 aliphatic carbocycles. The van der Waals surface area contributed by atoms with E-state index in [4.69, 9.17) is 37.4 Å². The molecule has 232 valence electrons. The van der Waals surface area contributed by atoms with Gasteiger partial charge in [0, 0.05) is 40.5 Å². The van der Waals surface area contributed by atoms with Crippen molar-refractivity contribution in [3.8, 4) is 5.75 Å². The third-order valence-corrected chi connectivity index (χ3v) is 6.63. The maximum absolute atomic E-state index is 13.3. The van der Waals surface area contributed by atoms with E-state index in [1.54, 1.807) is 65.1 Å². The zero-order valence-corrected chi connectivity index (χ0v) is 27.1. The Morgan fingerprint density at radius 1 is 1.09 bits per heavy atom. The van der Waals surface area contributed by atoms with E-state index >= 15 is 0 Å². The van der Waals surface area contributed by atoms with Gasteiger partial charge in [-0.1, -0.05) is 30.1 Å². The lowest BCUT2D eigenvalue weighted by Gasteiger charge is -2.28. The van der Waals surface area contributed by atoms with Gasteiger partial charge in [-0.2, -0.15) is 4.90 Å². The summed E-state index contributed by atoms with van der Waals surface area (Å²) in [7, 11) is 0. The van der Waals surface area contributed by atoms with Gasteiger partial charge in [0.15, 0.2) is 11.0 Å². The monoisotopic (exact) mass is 634 g/mol. The fourth-order valence-electron chi connectivity index (χ4n) is 4.22. The number of aliphatic carboxylic acids is 1. The number of anilines is 1. The minimum atomic E-state index is -1.12. The maximum Gasteiger partial charge on any atom is 0.425 e. The molecule has 1 atom stereocenters. The van der Waals surface area contributed by atoms with Crippen LogP contribution in [0.4, 0.5) is 15.4 Å². The number of halogens is 2. The summed E-state index contributed by atoms with van der Waals surface area (Å²) in [4.78, 5) is 47.6. The molecule has 3 rings (SSSR count). The van der Waals surface area contributed by atoms with Crippen LogP contribution in [-0.2, 0) is 14.3 Å². The molecular formula is C30H36Cl2N4O7. The van der Waals surface area contributed by atoms with E-state index in [-0.39, 0.29) is 16.5 Å². The molecule has 0 aliphatic heterocycles. The lowest BCUT2D eigenvalue weighted by atomic mass is 9.93. The number of fused-ring (bicyclic) bond motifs is 1. The molecule has 0 bridgehead atoms. The first-order chi connectivity index (χ1) is 19.9. The van der Waals surface area contributed by atoms with Gasteiger partial charge in [0.25, 0.3) is 0 Å². The van der Waals surface area contributed by atoms with Crippen molar-refractivity contribution < 1.29 is 33.7 Å². The zero-order valence-electron chi connectivity index (χ0n) is 25.6. The highest BCUT2D eigenvalue weighted by molar-refractivity contribution is 6.34. The van der Waals surface area contributed by atoms with Gasteiger partial charge in [0.2, 0.25) is 0 Å². The number of carbonyl (C=O) groups is 3. The fraction of sp³-hybridized carbons (Fsp3) is 0.433. The van der Waals surface area contributed by atoms with Crippen LogP contribution >= 0.6 is 23.2 Å². The molecule has 0 spiro atoms. The molecule has 0 aliphatic rings. The molecule has 11 nitrogen and oxygen atoms in total. The third-order valence-electron chi connectivity index (χ3n) is 5.97. The number of carboxylic acid groups (broad SMARTS) is 1. The summed E-state index contributed by atoms with van der Waals surface area (Å²) in [6.45, 7) is 15.7. The fourth-order valence-corrected chi connectivity index (χ4v) is 4.70. The Morgan fingerprint density at radius 3 is 2.19 bits per heavy atom. The van der Waals surface area contributed by atoms with E-state index in [1.807, 2.05) is 13.8 Å². The highest BCUT2D eigenvalue weighted by atomic mass is 35.5. The molecule has 1 N–H and O–H groups in total. The van der Waals surface area contributed by atoms with Gasteiger partial charge in [-0.25, -0.2) is 24.4 Å². The topological polar surface area (TPSA) is 133 Å². The Kier molecular flexibility index (Phi) is 10.0. The average Bonchev–Trinajstić information content (AvgIpc) is 3.20. The smallest absolute Gasteiger partial charge is 0.425 e. The second-order valence-electron chi connectivity index (χ2n) is 11.7. The lowest BCUT2D eigenvalue weighted by Crippen LogP contribution is -2.44. The van der Waals surface area contributed by atoms with Crippen molar-refractivity contribution in [2.75, 3.05) is 11.5 Å². The molecule has 43 heavy (non-hydrogen) atoms. The SMILES string of the molecule is CCOc1c(C(C)c2nc(Cl)c3c(N(C(=O)OC(C)(C)C)C(=O)OC(C)(C)C)nccn23)cc(Cl)c(C)c1C=CC(=O)O. The number of aromatic nitrogens is 3. The van der Waals surface area contributed by atoms with E-state index in [0.29, 0.717) is 44.8 Å². The predicted molar refractivity (Wildman–Crippen MR) is 164 cm³/mol. The molecule has 2 aromatic heterocycles. The van der Waals surface area contributed by atoms with Crippen LogP contribution in [0.3, 0.4) is 0 Å². The summed E-state index contributed by atoms with van der Waals surface area (Å²) in [5, 5.41) is 9.60. The number of nitrogens with zero attached hydrogens (tertiary/aromatic N) is 4. The van der Waals surface area contributed by atoms with Crippen molar-refractivity contribution in [1.82, 2.24) is 14.4 Å². The summed E-state index contributed by atoms with van der Waals surface area (Å²) < 4.78 is 18.6. The Bertz CT molecular complexity index is 1560. The molecule has 0 saturated carbocycles.